The number of Topliss-reactive ketones (excluding diaryl/α,β-unsaturated/α-hetero) is 1. The van der Waals surface area contributed by atoms with Crippen molar-refractivity contribution in [3.63, 3.8) is 0 Å². The number of hydrogen-bond donors (Lipinski definition) is 1. The van der Waals surface area contributed by atoms with Crippen LogP contribution in [0.5, 0.6) is 0 Å². The Morgan fingerprint density at radius 1 is 1.00 bits per heavy atom. The van der Waals surface area contributed by atoms with Crippen molar-refractivity contribution in [3.05, 3.63) is 96.0 Å². The van der Waals surface area contributed by atoms with Crippen molar-refractivity contribution in [2.24, 2.45) is 0 Å². The molecule has 1 amide bonds. The van der Waals surface area contributed by atoms with E-state index in [1.165, 1.54) is 6.20 Å². The molecule has 4 heterocycles. The summed E-state index contributed by atoms with van der Waals surface area (Å²) < 4.78 is 5.26. The van der Waals surface area contributed by atoms with Gasteiger partial charge in [-0.2, -0.15) is 10.2 Å². The maximum Gasteiger partial charge on any atom is 0.296 e. The van der Waals surface area contributed by atoms with Gasteiger partial charge in [0.15, 0.2) is 0 Å². The van der Waals surface area contributed by atoms with Gasteiger partial charge < -0.3 is 9.72 Å². The van der Waals surface area contributed by atoms with Crippen LogP contribution in [0.3, 0.4) is 0 Å². The molecule has 33 heavy (non-hydrogen) atoms. The van der Waals surface area contributed by atoms with Crippen LogP contribution in [-0.2, 0) is 11.3 Å². The molecule has 0 aliphatic rings. The highest BCUT2D eigenvalue weighted by Gasteiger charge is 2.25. The summed E-state index contributed by atoms with van der Waals surface area (Å²) >= 11 is 0. The summed E-state index contributed by atoms with van der Waals surface area (Å²) in [6.45, 7) is 3.94. The molecular weight excluding hydrogens is 418 g/mol. The average molecular weight is 439 g/mol. The fraction of sp³-hybridized carbons (Fsp3) is 0.125. The van der Waals surface area contributed by atoms with E-state index in [2.05, 4.69) is 20.5 Å². The van der Waals surface area contributed by atoms with Crippen LogP contribution >= 0.6 is 0 Å². The first-order chi connectivity index (χ1) is 16.0. The molecule has 0 saturated heterocycles. The Labute approximate surface area is 189 Å². The van der Waals surface area contributed by atoms with E-state index in [9.17, 15) is 9.59 Å². The SMILES string of the molecule is Cc1nn(-c2ccccc2)c(C)c1C(=O)C(=O)Nc1cnn(Cc2cn3ccccc3n2)c1. The van der Waals surface area contributed by atoms with Crippen LogP contribution in [0.25, 0.3) is 11.3 Å². The summed E-state index contributed by atoms with van der Waals surface area (Å²) in [4.78, 5) is 30.2. The molecule has 0 fully saturated rings. The maximum absolute atomic E-state index is 12.9. The number of aryl methyl sites for hydroxylation is 1. The molecule has 0 radical (unpaired) electrons. The predicted molar refractivity (Wildman–Crippen MR) is 123 cm³/mol. The molecule has 0 saturated carbocycles. The number of nitrogens with zero attached hydrogens (tertiary/aromatic N) is 6. The highest BCUT2D eigenvalue weighted by atomic mass is 16.2. The maximum atomic E-state index is 12.9. The second-order valence-corrected chi connectivity index (χ2v) is 7.70. The van der Waals surface area contributed by atoms with Crippen LogP contribution in [-0.4, -0.2) is 40.6 Å². The van der Waals surface area contributed by atoms with Crippen LogP contribution in [0.2, 0.25) is 0 Å². The molecule has 0 aliphatic carbocycles. The number of carbonyl (C=O) groups is 2. The van der Waals surface area contributed by atoms with Gasteiger partial charge in [-0.15, -0.1) is 0 Å². The van der Waals surface area contributed by atoms with Crippen molar-refractivity contribution in [2.75, 3.05) is 5.32 Å². The first-order valence-electron chi connectivity index (χ1n) is 10.4. The van der Waals surface area contributed by atoms with Crippen LogP contribution < -0.4 is 5.32 Å². The van der Waals surface area contributed by atoms with Crippen molar-refractivity contribution in [1.82, 2.24) is 28.9 Å². The van der Waals surface area contributed by atoms with E-state index in [4.69, 9.17) is 0 Å². The Morgan fingerprint density at radius 3 is 2.58 bits per heavy atom. The van der Waals surface area contributed by atoms with Gasteiger partial charge in [0.1, 0.15) is 5.65 Å². The zero-order valence-electron chi connectivity index (χ0n) is 18.1. The summed E-state index contributed by atoms with van der Waals surface area (Å²) in [6.07, 6.45) is 7.03. The van der Waals surface area contributed by atoms with Gasteiger partial charge in [-0.05, 0) is 38.1 Å². The summed E-state index contributed by atoms with van der Waals surface area (Å²) in [6, 6.07) is 15.3. The third-order valence-electron chi connectivity index (χ3n) is 5.35. The highest BCUT2D eigenvalue weighted by Crippen LogP contribution is 2.19. The third kappa shape index (κ3) is 3.91. The van der Waals surface area contributed by atoms with Gasteiger partial charge in [0.2, 0.25) is 0 Å². The number of pyridine rings is 1. The molecule has 164 valence electrons. The molecule has 5 rings (SSSR count). The molecule has 0 unspecified atom stereocenters. The number of carbonyl (C=O) groups excluding carboxylic acids is 2. The lowest BCUT2D eigenvalue weighted by molar-refractivity contribution is -0.112. The molecule has 9 heteroatoms. The predicted octanol–water partition coefficient (Wildman–Crippen LogP) is 3.20. The number of aromatic nitrogens is 6. The normalized spacial score (nSPS) is 11.1. The fourth-order valence-corrected chi connectivity index (χ4v) is 3.84. The zero-order valence-corrected chi connectivity index (χ0v) is 18.1. The van der Waals surface area contributed by atoms with E-state index < -0.39 is 11.7 Å². The first-order valence-corrected chi connectivity index (χ1v) is 10.4. The number of anilines is 1. The Morgan fingerprint density at radius 2 is 1.79 bits per heavy atom. The largest absolute Gasteiger partial charge is 0.316 e. The summed E-state index contributed by atoms with van der Waals surface area (Å²) in [5.74, 6) is -1.37. The molecule has 9 nitrogen and oxygen atoms in total. The molecule has 0 spiro atoms. The van der Waals surface area contributed by atoms with Gasteiger partial charge >= 0.3 is 0 Å². The summed E-state index contributed by atoms with van der Waals surface area (Å²) in [5.41, 5.74) is 4.35. The highest BCUT2D eigenvalue weighted by molar-refractivity contribution is 6.47. The lowest BCUT2D eigenvalue weighted by Crippen LogP contribution is -2.23. The number of imidazole rings is 1. The minimum absolute atomic E-state index is 0.299. The molecule has 1 N–H and O–H groups in total. The lowest BCUT2D eigenvalue weighted by Gasteiger charge is -2.05. The van der Waals surface area contributed by atoms with Gasteiger partial charge in [0, 0.05) is 18.6 Å². The molecule has 5 aromatic rings. The third-order valence-corrected chi connectivity index (χ3v) is 5.35. The van der Waals surface area contributed by atoms with E-state index in [0.717, 1.165) is 17.0 Å². The molecule has 0 aliphatic heterocycles. The quantitative estimate of drug-likeness (QED) is 0.324. The summed E-state index contributed by atoms with van der Waals surface area (Å²) in [7, 11) is 0. The van der Waals surface area contributed by atoms with Crippen molar-refractivity contribution in [2.45, 2.75) is 20.4 Å². The fourth-order valence-electron chi connectivity index (χ4n) is 3.84. The van der Waals surface area contributed by atoms with Crippen LogP contribution in [0, 0.1) is 13.8 Å². The van der Waals surface area contributed by atoms with Gasteiger partial charge in [-0.1, -0.05) is 24.3 Å². The van der Waals surface area contributed by atoms with Gasteiger partial charge in [0.05, 0.1) is 46.8 Å². The molecule has 4 aromatic heterocycles. The van der Waals surface area contributed by atoms with Crippen LogP contribution in [0.1, 0.15) is 27.4 Å². The summed E-state index contributed by atoms with van der Waals surface area (Å²) in [5, 5.41) is 11.4. The van der Waals surface area contributed by atoms with Crippen molar-refractivity contribution < 1.29 is 9.59 Å². The van der Waals surface area contributed by atoms with E-state index >= 15 is 0 Å². The smallest absolute Gasteiger partial charge is 0.296 e. The first kappa shape index (κ1) is 20.4. The number of para-hydroxylation sites is 1. The second kappa shape index (κ2) is 8.19. The molecule has 0 atom stereocenters. The van der Waals surface area contributed by atoms with Crippen LogP contribution in [0.4, 0.5) is 5.69 Å². The van der Waals surface area contributed by atoms with Gasteiger partial charge in [-0.25, -0.2) is 9.67 Å². The number of hydrogen-bond acceptors (Lipinski definition) is 5. The van der Waals surface area contributed by atoms with E-state index in [0.29, 0.717) is 29.2 Å². The van der Waals surface area contributed by atoms with E-state index in [-0.39, 0.29) is 0 Å². The minimum atomic E-state index is -0.735. The van der Waals surface area contributed by atoms with E-state index in [1.54, 1.807) is 29.4 Å². The number of amides is 1. The molecule has 0 bridgehead atoms. The number of benzene rings is 1. The Hall–Kier alpha value is -4.53. The number of fused-ring (bicyclic) bond motifs is 1. The Kier molecular flexibility index (Phi) is 5.06. The monoisotopic (exact) mass is 439 g/mol. The minimum Gasteiger partial charge on any atom is -0.316 e. The molecular formula is C24H21N7O2. The number of nitrogens with one attached hydrogen (secondary N) is 1. The number of ketones is 1. The molecule has 1 aromatic carbocycles. The number of rotatable bonds is 6. The van der Waals surface area contributed by atoms with E-state index in [1.807, 2.05) is 65.3 Å². The standard InChI is InChI=1S/C24H21N7O2/c1-16-22(17(2)31(28-16)20-8-4-3-5-9-20)23(32)24(33)27-18-12-25-30(14-18)15-19-13-29-11-7-6-10-21(29)26-19/h3-14H,15H2,1-2H3,(H,27,33). The van der Waals surface area contributed by atoms with Crippen molar-refractivity contribution in [3.8, 4) is 5.69 Å². The lowest BCUT2D eigenvalue weighted by atomic mass is 10.1. The second-order valence-electron chi connectivity index (χ2n) is 7.70. The van der Waals surface area contributed by atoms with Gasteiger partial charge in [-0.3, -0.25) is 14.3 Å². The van der Waals surface area contributed by atoms with Gasteiger partial charge in [0.25, 0.3) is 11.7 Å². The topological polar surface area (TPSA) is 99.1 Å². The average Bonchev–Trinajstić information content (AvgIpc) is 3.51. The zero-order chi connectivity index (χ0) is 22.9. The van der Waals surface area contributed by atoms with Crippen molar-refractivity contribution >= 4 is 23.0 Å². The van der Waals surface area contributed by atoms with Crippen molar-refractivity contribution in [1.29, 1.82) is 0 Å². The van der Waals surface area contributed by atoms with Crippen LogP contribution in [0.15, 0.2) is 73.3 Å². The Balaban J connectivity index is 1.31. The Bertz CT molecular complexity index is 1440.